The van der Waals surface area contributed by atoms with Crippen molar-refractivity contribution >= 4 is 52.6 Å². The lowest BCUT2D eigenvalue weighted by Gasteiger charge is -2.49. The van der Waals surface area contributed by atoms with Gasteiger partial charge in [0, 0.05) is 11.5 Å². The topological polar surface area (TPSA) is 135 Å². The van der Waals surface area contributed by atoms with Crippen LogP contribution in [0.15, 0.2) is 50.4 Å². The van der Waals surface area contributed by atoms with E-state index in [9.17, 15) is 19.5 Å². The predicted octanol–water partition coefficient (Wildman–Crippen LogP) is 3.78. The first-order valence-corrected chi connectivity index (χ1v) is 14.5. The normalized spacial score (nSPS) is 18.7. The van der Waals surface area contributed by atoms with Crippen molar-refractivity contribution in [2.24, 2.45) is 0 Å². The number of furan rings is 1. The summed E-state index contributed by atoms with van der Waals surface area (Å²) in [5.41, 5.74) is 2.88. The number of β-lactam (4-membered cyclic amide) rings is 1. The van der Waals surface area contributed by atoms with Crippen molar-refractivity contribution in [1.82, 2.24) is 20.4 Å². The van der Waals surface area contributed by atoms with E-state index < -0.39 is 29.2 Å². The Labute approximate surface area is 230 Å². The van der Waals surface area contributed by atoms with Gasteiger partial charge >= 0.3 is 5.97 Å². The number of nitrogens with one attached hydrogen (secondary N) is 1. The van der Waals surface area contributed by atoms with Crippen molar-refractivity contribution in [3.8, 4) is 5.75 Å². The van der Waals surface area contributed by atoms with Crippen molar-refractivity contribution in [1.29, 1.82) is 0 Å². The van der Waals surface area contributed by atoms with Gasteiger partial charge in [0.1, 0.15) is 40.2 Å². The number of carboxylic acids is 1. The minimum absolute atomic E-state index is 0.0261. The van der Waals surface area contributed by atoms with Crippen LogP contribution in [0, 0.1) is 20.8 Å². The van der Waals surface area contributed by atoms with Crippen LogP contribution in [0.2, 0.25) is 0 Å². The van der Waals surface area contributed by atoms with Crippen LogP contribution in [0.3, 0.4) is 0 Å². The molecule has 1 saturated heterocycles. The number of aromatic nitrogens is 2. The number of amides is 2. The zero-order valence-corrected chi connectivity index (χ0v) is 23.2. The van der Waals surface area contributed by atoms with E-state index in [1.807, 2.05) is 39.0 Å². The molecule has 2 aromatic heterocycles. The van der Waals surface area contributed by atoms with Gasteiger partial charge < -0.3 is 19.6 Å². The maximum atomic E-state index is 12.9. The minimum atomic E-state index is -1.17. The molecule has 0 spiro atoms. The molecule has 2 aliphatic rings. The van der Waals surface area contributed by atoms with Crippen LogP contribution in [0.25, 0.3) is 0 Å². The summed E-state index contributed by atoms with van der Waals surface area (Å²) in [4.78, 5) is 39.1. The minimum Gasteiger partial charge on any atom is -0.486 e. The van der Waals surface area contributed by atoms with Crippen molar-refractivity contribution in [3.63, 3.8) is 0 Å². The summed E-state index contributed by atoms with van der Waals surface area (Å²) in [6.45, 7) is 6.02. The van der Waals surface area contributed by atoms with Crippen LogP contribution in [0.4, 0.5) is 0 Å². The first kappa shape index (κ1) is 26.3. The summed E-state index contributed by atoms with van der Waals surface area (Å²) in [7, 11) is 0. The lowest BCUT2D eigenvalue weighted by atomic mass is 10.0. The highest BCUT2D eigenvalue weighted by Gasteiger charge is 2.54. The van der Waals surface area contributed by atoms with Gasteiger partial charge in [-0.2, -0.15) is 0 Å². The number of carbonyl (C=O) groups excluding carboxylic acids is 2. The van der Waals surface area contributed by atoms with Crippen molar-refractivity contribution in [3.05, 3.63) is 69.3 Å². The number of aliphatic carboxylic acids is 1. The van der Waals surface area contributed by atoms with Crippen LogP contribution in [0.5, 0.6) is 5.75 Å². The lowest BCUT2D eigenvalue weighted by molar-refractivity contribution is -0.148. The molecule has 2 atom stereocenters. The monoisotopic (exact) mass is 572 g/mol. The second kappa shape index (κ2) is 10.8. The van der Waals surface area contributed by atoms with Crippen LogP contribution in [-0.4, -0.2) is 60.9 Å². The third kappa shape index (κ3) is 5.31. The molecule has 3 aromatic rings. The second-order valence-corrected chi connectivity index (χ2v) is 12.3. The molecule has 2 aliphatic heterocycles. The van der Waals surface area contributed by atoms with E-state index in [4.69, 9.17) is 9.15 Å². The summed E-state index contributed by atoms with van der Waals surface area (Å²) in [6.07, 6.45) is 0. The Hall–Kier alpha value is -3.29. The number of hydrogen-bond donors (Lipinski definition) is 2. The fourth-order valence-corrected chi connectivity index (χ4v) is 7.33. The first-order valence-electron chi connectivity index (χ1n) is 11.6. The maximum absolute atomic E-state index is 12.9. The van der Waals surface area contributed by atoms with Gasteiger partial charge in [0.15, 0.2) is 10.1 Å². The molecule has 4 heterocycles. The van der Waals surface area contributed by atoms with Crippen LogP contribution in [-0.2, 0) is 16.2 Å². The highest BCUT2D eigenvalue weighted by molar-refractivity contribution is 8.01. The molecule has 2 N–H and O–H groups in total. The molecule has 0 radical (unpaired) electrons. The van der Waals surface area contributed by atoms with Crippen LogP contribution < -0.4 is 10.1 Å². The van der Waals surface area contributed by atoms with E-state index in [1.54, 1.807) is 6.07 Å². The van der Waals surface area contributed by atoms with Gasteiger partial charge in [-0.1, -0.05) is 29.2 Å². The summed E-state index contributed by atoms with van der Waals surface area (Å²) < 4.78 is 12.1. The highest BCUT2D eigenvalue weighted by Crippen LogP contribution is 2.42. The second-order valence-electron chi connectivity index (χ2n) is 8.79. The summed E-state index contributed by atoms with van der Waals surface area (Å²) >= 11 is 4.24. The average Bonchev–Trinajstić information content (AvgIpc) is 3.54. The molecule has 10 nitrogen and oxygen atoms in total. The van der Waals surface area contributed by atoms with E-state index in [0.717, 1.165) is 14.9 Å². The number of carboxylic acid groups (broad SMARTS) is 1. The Morgan fingerprint density at radius 3 is 2.74 bits per heavy atom. The Balaban J connectivity index is 1.20. The first-order chi connectivity index (χ1) is 18.2. The number of rotatable bonds is 9. The number of benzene rings is 1. The average molecular weight is 573 g/mol. The van der Waals surface area contributed by atoms with Crippen molar-refractivity contribution in [2.45, 2.75) is 43.1 Å². The molecule has 38 heavy (non-hydrogen) atoms. The number of carbonyl (C=O) groups is 3. The summed E-state index contributed by atoms with van der Waals surface area (Å²) in [5.74, 6) is -0.160. The Bertz CT molecular complexity index is 1450. The smallest absolute Gasteiger partial charge is 0.352 e. The van der Waals surface area contributed by atoms with Gasteiger partial charge in [-0.3, -0.25) is 14.5 Å². The predicted molar refractivity (Wildman–Crippen MR) is 143 cm³/mol. The number of fused-ring (bicyclic) bond motifs is 1. The largest absolute Gasteiger partial charge is 0.486 e. The van der Waals surface area contributed by atoms with E-state index >= 15 is 0 Å². The molecule has 0 saturated carbocycles. The van der Waals surface area contributed by atoms with Crippen LogP contribution in [0.1, 0.15) is 32.4 Å². The van der Waals surface area contributed by atoms with Gasteiger partial charge in [0.25, 0.3) is 11.8 Å². The standard InChI is InChI=1S/C25H24N4O6S3/c1-12-4-5-16(8-13(12)2)34-9-17-6-7-18(35-17)21(30)26-19-22(31)29-20(24(32)33)15(10-36-23(19)29)11-37-25-28-27-14(3)38-25/h4-8,19,23H,9-11H2,1-3H3,(H,26,30)(H,32,33)/t19-,23+/m1/s1. The number of hydrogen-bond acceptors (Lipinski definition) is 10. The number of aryl methyl sites for hydroxylation is 3. The van der Waals surface area contributed by atoms with E-state index in [2.05, 4.69) is 15.5 Å². The van der Waals surface area contributed by atoms with Crippen LogP contribution >= 0.6 is 34.9 Å². The molecular formula is C25H24N4O6S3. The fourth-order valence-electron chi connectivity index (χ4n) is 4.03. The quantitative estimate of drug-likeness (QED) is 0.288. The van der Waals surface area contributed by atoms with Gasteiger partial charge in [-0.15, -0.1) is 22.0 Å². The Morgan fingerprint density at radius 2 is 2.03 bits per heavy atom. The van der Waals surface area contributed by atoms with Gasteiger partial charge in [-0.05, 0) is 61.7 Å². The molecule has 2 amide bonds. The molecule has 5 rings (SSSR count). The Morgan fingerprint density at radius 1 is 1.21 bits per heavy atom. The zero-order chi connectivity index (χ0) is 27.0. The molecule has 0 aliphatic carbocycles. The maximum Gasteiger partial charge on any atom is 0.352 e. The van der Waals surface area contributed by atoms with Gasteiger partial charge in [-0.25, -0.2) is 4.79 Å². The van der Waals surface area contributed by atoms with Gasteiger partial charge in [0.05, 0.1) is 0 Å². The third-order valence-electron chi connectivity index (χ3n) is 6.16. The molecule has 1 aromatic carbocycles. The molecule has 0 bridgehead atoms. The third-order valence-corrected chi connectivity index (χ3v) is 9.56. The van der Waals surface area contributed by atoms with Crippen molar-refractivity contribution in [2.75, 3.05) is 11.5 Å². The summed E-state index contributed by atoms with van der Waals surface area (Å²) in [6, 6.07) is 8.10. The van der Waals surface area contributed by atoms with E-state index in [0.29, 0.717) is 28.6 Å². The number of thioether (sulfide) groups is 2. The Kier molecular flexibility index (Phi) is 7.50. The number of ether oxygens (including phenoxy) is 1. The molecule has 13 heteroatoms. The van der Waals surface area contributed by atoms with E-state index in [-0.39, 0.29) is 18.1 Å². The molecular weight excluding hydrogens is 548 g/mol. The van der Waals surface area contributed by atoms with Crippen molar-refractivity contribution < 1.29 is 28.6 Å². The van der Waals surface area contributed by atoms with E-state index in [1.165, 1.54) is 51.4 Å². The lowest BCUT2D eigenvalue weighted by Crippen LogP contribution is -2.70. The summed E-state index contributed by atoms with van der Waals surface area (Å²) in [5, 5.41) is 20.9. The van der Waals surface area contributed by atoms with Gasteiger partial charge in [0.2, 0.25) is 0 Å². The molecule has 1 fully saturated rings. The molecule has 0 unspecified atom stereocenters. The highest BCUT2D eigenvalue weighted by atomic mass is 32.2. The molecule has 198 valence electrons. The number of nitrogens with zero attached hydrogens (tertiary/aromatic N) is 3. The SMILES string of the molecule is Cc1nnc(SCC2=C(C(=O)O)N3C(=O)[C@@H](NC(=O)c4ccc(COc5ccc(C)c(C)c5)o4)[C@@H]3SC2)s1. The zero-order valence-electron chi connectivity index (χ0n) is 20.7. The fraction of sp³-hybridized carbons (Fsp3) is 0.320.